The van der Waals surface area contributed by atoms with E-state index in [0.29, 0.717) is 6.54 Å². The zero-order valence-electron chi connectivity index (χ0n) is 15.7. The lowest BCUT2D eigenvalue weighted by Crippen LogP contribution is -2.43. The van der Waals surface area contributed by atoms with Gasteiger partial charge in [-0.15, -0.1) is 0 Å². The largest absolute Gasteiger partial charge is 0.416 e. The van der Waals surface area contributed by atoms with Gasteiger partial charge in [0.05, 0.1) is 12.1 Å². The molecule has 2 aromatic carbocycles. The van der Waals surface area contributed by atoms with Crippen molar-refractivity contribution in [1.82, 2.24) is 15.5 Å². The van der Waals surface area contributed by atoms with Crippen LogP contribution in [-0.2, 0) is 17.5 Å². The molecule has 1 saturated heterocycles. The van der Waals surface area contributed by atoms with Crippen LogP contribution in [0.3, 0.4) is 0 Å². The third-order valence-electron chi connectivity index (χ3n) is 4.75. The number of rotatable bonds is 6. The average Bonchev–Trinajstić information content (AvgIpc) is 3.13. The lowest BCUT2D eigenvalue weighted by molar-refractivity contribution is -0.137. The van der Waals surface area contributed by atoms with Crippen molar-refractivity contribution in [1.29, 1.82) is 0 Å². The van der Waals surface area contributed by atoms with Crippen LogP contribution in [0.5, 0.6) is 0 Å². The summed E-state index contributed by atoms with van der Waals surface area (Å²) in [4.78, 5) is 26.4. The van der Waals surface area contributed by atoms with Gasteiger partial charge in [0, 0.05) is 31.2 Å². The number of nitrogens with one attached hydrogen (secondary N) is 2. The van der Waals surface area contributed by atoms with Crippen molar-refractivity contribution in [3.63, 3.8) is 0 Å². The zero-order chi connectivity index (χ0) is 20.9. The van der Waals surface area contributed by atoms with Crippen LogP contribution in [0.25, 0.3) is 0 Å². The number of likely N-dealkylation sites (tertiary alicyclic amines) is 1. The van der Waals surface area contributed by atoms with E-state index >= 15 is 0 Å². The van der Waals surface area contributed by atoms with Gasteiger partial charge in [0.2, 0.25) is 5.91 Å². The Bertz CT molecular complexity index is 856. The molecule has 154 valence electrons. The quantitative estimate of drug-likeness (QED) is 0.777. The molecule has 1 heterocycles. The molecule has 1 aliphatic rings. The molecular formula is C21H22F3N3O2. The number of hydrogen-bond acceptors (Lipinski definition) is 3. The lowest BCUT2D eigenvalue weighted by Gasteiger charge is -2.17. The first-order valence-corrected chi connectivity index (χ1v) is 9.32. The number of carbonyl (C=O) groups is 2. The Balaban J connectivity index is 1.44. The second-order valence-corrected chi connectivity index (χ2v) is 7.04. The van der Waals surface area contributed by atoms with Gasteiger partial charge in [0.15, 0.2) is 0 Å². The molecule has 2 N–H and O–H groups in total. The van der Waals surface area contributed by atoms with Gasteiger partial charge in [0.25, 0.3) is 5.91 Å². The van der Waals surface area contributed by atoms with Gasteiger partial charge in [-0.3, -0.25) is 14.5 Å². The Morgan fingerprint density at radius 2 is 1.83 bits per heavy atom. The smallest absolute Gasteiger partial charge is 0.350 e. The van der Waals surface area contributed by atoms with Crippen molar-refractivity contribution in [2.75, 3.05) is 19.6 Å². The highest BCUT2D eigenvalue weighted by Crippen LogP contribution is 2.29. The molecule has 0 bridgehead atoms. The molecule has 0 spiro atoms. The van der Waals surface area contributed by atoms with Crippen LogP contribution in [0, 0.1) is 0 Å². The molecular weight excluding hydrogens is 383 g/mol. The minimum absolute atomic E-state index is 0.0170. The van der Waals surface area contributed by atoms with Crippen molar-refractivity contribution >= 4 is 11.8 Å². The summed E-state index contributed by atoms with van der Waals surface area (Å²) in [6, 6.07) is 14.1. The van der Waals surface area contributed by atoms with Crippen LogP contribution in [0.4, 0.5) is 13.2 Å². The minimum Gasteiger partial charge on any atom is -0.350 e. The first-order valence-electron chi connectivity index (χ1n) is 9.32. The molecule has 2 aromatic rings. The van der Waals surface area contributed by atoms with Crippen LogP contribution >= 0.6 is 0 Å². The summed E-state index contributed by atoms with van der Waals surface area (Å²) in [5.41, 5.74) is 0.161. The highest BCUT2D eigenvalue weighted by molar-refractivity contribution is 5.96. The van der Waals surface area contributed by atoms with Crippen LogP contribution in [0.1, 0.15) is 27.9 Å². The molecule has 1 unspecified atom stereocenters. The molecule has 3 rings (SSSR count). The topological polar surface area (TPSA) is 61.4 Å². The van der Waals surface area contributed by atoms with E-state index in [-0.39, 0.29) is 24.1 Å². The molecule has 2 amide bonds. The highest BCUT2D eigenvalue weighted by atomic mass is 19.4. The predicted molar refractivity (Wildman–Crippen MR) is 102 cm³/mol. The van der Waals surface area contributed by atoms with Crippen LogP contribution in [0.2, 0.25) is 0 Å². The lowest BCUT2D eigenvalue weighted by atomic mass is 10.1. The highest BCUT2D eigenvalue weighted by Gasteiger charge is 2.31. The van der Waals surface area contributed by atoms with Crippen molar-refractivity contribution in [3.05, 3.63) is 71.3 Å². The fraction of sp³-hybridized carbons (Fsp3) is 0.333. The molecule has 1 aliphatic heterocycles. The normalized spacial score (nSPS) is 17.1. The summed E-state index contributed by atoms with van der Waals surface area (Å²) in [6.07, 6.45) is -3.72. The van der Waals surface area contributed by atoms with Gasteiger partial charge < -0.3 is 10.6 Å². The summed E-state index contributed by atoms with van der Waals surface area (Å²) in [5.74, 6) is -1.08. The number of carbonyl (C=O) groups excluding carboxylic acids is 2. The van der Waals surface area contributed by atoms with E-state index in [9.17, 15) is 22.8 Å². The number of alkyl halides is 3. The Hall–Kier alpha value is -2.87. The van der Waals surface area contributed by atoms with E-state index in [1.54, 1.807) is 0 Å². The van der Waals surface area contributed by atoms with E-state index in [0.717, 1.165) is 37.7 Å². The van der Waals surface area contributed by atoms with E-state index in [1.807, 2.05) is 18.2 Å². The minimum atomic E-state index is -4.53. The fourth-order valence-corrected chi connectivity index (χ4v) is 3.31. The van der Waals surface area contributed by atoms with Gasteiger partial charge in [-0.25, -0.2) is 0 Å². The maximum absolute atomic E-state index is 12.7. The van der Waals surface area contributed by atoms with Gasteiger partial charge in [-0.2, -0.15) is 13.2 Å². The molecule has 0 saturated carbocycles. The Labute approximate surface area is 166 Å². The van der Waals surface area contributed by atoms with Gasteiger partial charge in [-0.1, -0.05) is 36.4 Å². The van der Waals surface area contributed by atoms with Crippen molar-refractivity contribution in [3.8, 4) is 0 Å². The van der Waals surface area contributed by atoms with E-state index < -0.39 is 17.6 Å². The molecule has 1 atom stereocenters. The number of hydrogen-bond donors (Lipinski definition) is 2. The van der Waals surface area contributed by atoms with Crippen molar-refractivity contribution in [2.45, 2.75) is 25.2 Å². The van der Waals surface area contributed by atoms with Crippen LogP contribution in [0.15, 0.2) is 54.6 Å². The number of nitrogens with zero attached hydrogens (tertiary/aromatic N) is 1. The summed E-state index contributed by atoms with van der Waals surface area (Å²) in [7, 11) is 0. The summed E-state index contributed by atoms with van der Waals surface area (Å²) in [5, 5.41) is 5.23. The Morgan fingerprint density at radius 3 is 2.55 bits per heavy atom. The van der Waals surface area contributed by atoms with E-state index in [4.69, 9.17) is 0 Å². The molecule has 1 fully saturated rings. The third kappa shape index (κ3) is 6.05. The molecule has 0 aliphatic carbocycles. The predicted octanol–water partition coefficient (Wildman–Crippen LogP) is 2.83. The molecule has 5 nitrogen and oxygen atoms in total. The number of halogens is 3. The van der Waals surface area contributed by atoms with E-state index in [2.05, 4.69) is 27.7 Å². The van der Waals surface area contributed by atoms with Crippen LogP contribution < -0.4 is 10.6 Å². The fourth-order valence-electron chi connectivity index (χ4n) is 3.31. The second-order valence-electron chi connectivity index (χ2n) is 7.04. The first kappa shape index (κ1) is 20.9. The monoisotopic (exact) mass is 405 g/mol. The zero-order valence-corrected chi connectivity index (χ0v) is 15.7. The molecule has 29 heavy (non-hydrogen) atoms. The summed E-state index contributed by atoms with van der Waals surface area (Å²) in [6.45, 7) is 2.09. The standard InChI is InChI=1S/C21H22F3N3O2/c22-21(23,24)17-8-4-7-16(11-17)20(29)25-12-19(28)26-18-9-10-27(14-18)13-15-5-2-1-3-6-15/h1-8,11,18H,9-10,12-14H2,(H,25,29)(H,26,28). The Morgan fingerprint density at radius 1 is 1.07 bits per heavy atom. The molecule has 0 radical (unpaired) electrons. The van der Waals surface area contributed by atoms with Gasteiger partial charge in [0.1, 0.15) is 0 Å². The first-order chi connectivity index (χ1) is 13.8. The number of benzene rings is 2. The Kier molecular flexibility index (Phi) is 6.53. The van der Waals surface area contributed by atoms with Crippen LogP contribution in [-0.4, -0.2) is 42.4 Å². The summed E-state index contributed by atoms with van der Waals surface area (Å²) < 4.78 is 38.2. The van der Waals surface area contributed by atoms with E-state index in [1.165, 1.54) is 11.6 Å². The molecule has 8 heteroatoms. The van der Waals surface area contributed by atoms with Crippen molar-refractivity contribution < 1.29 is 22.8 Å². The number of amides is 2. The maximum Gasteiger partial charge on any atom is 0.416 e. The SMILES string of the molecule is O=C(CNC(=O)c1cccc(C(F)(F)F)c1)NC1CCN(Cc2ccccc2)C1. The van der Waals surface area contributed by atoms with Crippen molar-refractivity contribution in [2.24, 2.45) is 0 Å². The average molecular weight is 405 g/mol. The second kappa shape index (κ2) is 9.09. The molecule has 0 aromatic heterocycles. The summed E-state index contributed by atoms with van der Waals surface area (Å²) >= 11 is 0. The maximum atomic E-state index is 12.7. The van der Waals surface area contributed by atoms with Gasteiger partial charge in [-0.05, 0) is 30.2 Å². The van der Waals surface area contributed by atoms with Gasteiger partial charge >= 0.3 is 6.18 Å². The third-order valence-corrected chi connectivity index (χ3v) is 4.75.